The Morgan fingerprint density at radius 1 is 0.472 bits per heavy atom. The fourth-order valence-corrected chi connectivity index (χ4v) is 7.27. The SMILES string of the molecule is CCCCCCCCCCCCCCCCCCCCCC(=O)O[C@H](COC(=O)CCCCCCCCCCCCCCCC(C)C)COP(=O)(O)O. The molecule has 2 N–H and O–H groups in total. The molecule has 0 spiro atoms. The van der Waals surface area contributed by atoms with E-state index in [0.29, 0.717) is 6.42 Å². The molecule has 0 aromatic rings. The minimum Gasteiger partial charge on any atom is -0.462 e. The largest absolute Gasteiger partial charge is 0.469 e. The second-order valence-corrected chi connectivity index (χ2v) is 17.5. The van der Waals surface area contributed by atoms with Crippen LogP contribution < -0.4 is 0 Å². The molecule has 0 unspecified atom stereocenters. The Morgan fingerprint density at radius 3 is 1.13 bits per heavy atom. The van der Waals surface area contributed by atoms with E-state index >= 15 is 0 Å². The van der Waals surface area contributed by atoms with Gasteiger partial charge in [0, 0.05) is 12.8 Å². The van der Waals surface area contributed by atoms with E-state index in [-0.39, 0.29) is 19.4 Å². The van der Waals surface area contributed by atoms with Crippen LogP contribution in [0.4, 0.5) is 0 Å². The molecule has 0 rings (SSSR count). The van der Waals surface area contributed by atoms with E-state index in [9.17, 15) is 14.2 Å². The lowest BCUT2D eigenvalue weighted by atomic mass is 10.0. The van der Waals surface area contributed by atoms with Gasteiger partial charge in [-0.25, -0.2) is 4.57 Å². The molecule has 0 aliphatic rings. The Labute approximate surface area is 327 Å². The van der Waals surface area contributed by atoms with Crippen LogP contribution in [0.5, 0.6) is 0 Å². The highest BCUT2D eigenvalue weighted by atomic mass is 31.2. The minimum absolute atomic E-state index is 0.220. The fourth-order valence-electron chi connectivity index (χ4n) is 6.91. The van der Waals surface area contributed by atoms with E-state index in [1.165, 1.54) is 173 Å². The van der Waals surface area contributed by atoms with Crippen molar-refractivity contribution in [3.05, 3.63) is 0 Å². The van der Waals surface area contributed by atoms with Crippen molar-refractivity contribution >= 4 is 19.8 Å². The summed E-state index contributed by atoms with van der Waals surface area (Å²) in [6.45, 7) is 6.07. The van der Waals surface area contributed by atoms with Crippen LogP contribution in [0.2, 0.25) is 0 Å². The molecule has 0 aromatic heterocycles. The van der Waals surface area contributed by atoms with Gasteiger partial charge in [0.15, 0.2) is 6.10 Å². The average molecular weight is 775 g/mol. The first-order valence-corrected chi connectivity index (χ1v) is 24.2. The van der Waals surface area contributed by atoms with Gasteiger partial charge in [0.1, 0.15) is 6.61 Å². The standard InChI is InChI=1S/C44H87O8P/c1-4-5-6-7-8-9-10-11-12-13-14-15-16-19-23-26-29-32-35-38-44(46)52-42(40-51-53(47,48)49)39-50-43(45)37-34-31-28-25-22-20-17-18-21-24-27-30-33-36-41(2)3/h41-42H,4-40H2,1-3H3,(H2,47,48,49)/t42-/m1/s1. The molecule has 0 heterocycles. The second-order valence-electron chi connectivity index (χ2n) is 16.2. The summed E-state index contributed by atoms with van der Waals surface area (Å²) in [5.74, 6) is -0.0393. The van der Waals surface area contributed by atoms with Crippen LogP contribution in [0.25, 0.3) is 0 Å². The topological polar surface area (TPSA) is 119 Å². The van der Waals surface area contributed by atoms with Crippen molar-refractivity contribution in [2.45, 2.75) is 252 Å². The minimum atomic E-state index is -4.75. The second kappa shape index (κ2) is 39.3. The van der Waals surface area contributed by atoms with Crippen LogP contribution in [0.3, 0.4) is 0 Å². The van der Waals surface area contributed by atoms with Crippen molar-refractivity contribution in [3.63, 3.8) is 0 Å². The van der Waals surface area contributed by atoms with Crippen LogP contribution in [-0.4, -0.2) is 41.0 Å². The zero-order valence-electron chi connectivity index (χ0n) is 35.1. The normalized spacial score (nSPS) is 12.4. The van der Waals surface area contributed by atoms with Gasteiger partial charge in [-0.15, -0.1) is 0 Å². The lowest BCUT2D eigenvalue weighted by Gasteiger charge is -2.18. The van der Waals surface area contributed by atoms with Gasteiger partial charge in [0.25, 0.3) is 0 Å². The van der Waals surface area contributed by atoms with Crippen molar-refractivity contribution in [1.82, 2.24) is 0 Å². The van der Waals surface area contributed by atoms with E-state index in [2.05, 4.69) is 25.3 Å². The summed E-state index contributed by atoms with van der Waals surface area (Å²) in [4.78, 5) is 42.9. The zero-order chi connectivity index (χ0) is 39.1. The maximum atomic E-state index is 12.4. The molecule has 8 nitrogen and oxygen atoms in total. The third kappa shape index (κ3) is 43.6. The van der Waals surface area contributed by atoms with Crippen molar-refractivity contribution in [2.75, 3.05) is 13.2 Å². The maximum Gasteiger partial charge on any atom is 0.469 e. The Kier molecular flexibility index (Phi) is 38.6. The molecular formula is C44H87O8P. The maximum absolute atomic E-state index is 12.4. The summed E-state index contributed by atoms with van der Waals surface area (Å²) in [6, 6.07) is 0. The monoisotopic (exact) mass is 775 g/mol. The Hall–Kier alpha value is -0.950. The highest BCUT2D eigenvalue weighted by Gasteiger charge is 2.23. The van der Waals surface area contributed by atoms with Crippen molar-refractivity contribution < 1.29 is 37.9 Å². The highest BCUT2D eigenvalue weighted by molar-refractivity contribution is 7.46. The number of phosphoric acid groups is 1. The van der Waals surface area contributed by atoms with E-state index in [4.69, 9.17) is 19.3 Å². The Morgan fingerprint density at radius 2 is 0.792 bits per heavy atom. The first kappa shape index (κ1) is 52.0. The molecule has 1 atom stereocenters. The van der Waals surface area contributed by atoms with Crippen LogP contribution in [0.1, 0.15) is 245 Å². The lowest BCUT2D eigenvalue weighted by molar-refractivity contribution is -0.161. The number of ether oxygens (including phenoxy) is 2. The molecule has 0 saturated heterocycles. The summed E-state index contributed by atoms with van der Waals surface area (Å²) in [5, 5.41) is 0. The first-order chi connectivity index (χ1) is 25.6. The number of esters is 2. The molecule has 0 radical (unpaired) electrons. The molecule has 0 aromatic carbocycles. The molecule has 0 bridgehead atoms. The van der Waals surface area contributed by atoms with E-state index in [1.54, 1.807) is 0 Å². The third-order valence-corrected chi connectivity index (χ3v) is 10.8. The summed E-state index contributed by atoms with van der Waals surface area (Å²) >= 11 is 0. The number of carbonyl (C=O) groups is 2. The van der Waals surface area contributed by atoms with Gasteiger partial charge in [0.05, 0.1) is 6.61 Å². The van der Waals surface area contributed by atoms with E-state index in [0.717, 1.165) is 38.0 Å². The molecule has 0 fully saturated rings. The van der Waals surface area contributed by atoms with Crippen molar-refractivity contribution in [3.8, 4) is 0 Å². The number of hydrogen-bond acceptors (Lipinski definition) is 6. The summed E-state index contributed by atoms with van der Waals surface area (Å²) < 4.78 is 26.5. The number of hydrogen-bond donors (Lipinski definition) is 2. The van der Waals surface area contributed by atoms with Crippen LogP contribution in [0.15, 0.2) is 0 Å². The predicted molar refractivity (Wildman–Crippen MR) is 221 cm³/mol. The summed E-state index contributed by atoms with van der Waals surface area (Å²) in [6.07, 6.45) is 41.1. The third-order valence-electron chi connectivity index (χ3n) is 10.3. The van der Waals surface area contributed by atoms with Crippen molar-refractivity contribution in [1.29, 1.82) is 0 Å². The van der Waals surface area contributed by atoms with Crippen LogP contribution >= 0.6 is 7.82 Å². The molecule has 53 heavy (non-hydrogen) atoms. The number of carbonyl (C=O) groups excluding carboxylic acids is 2. The quantitative estimate of drug-likeness (QED) is 0.0357. The molecule has 0 amide bonds. The van der Waals surface area contributed by atoms with Crippen LogP contribution in [0, 0.1) is 5.92 Å². The van der Waals surface area contributed by atoms with Crippen LogP contribution in [-0.2, 0) is 28.2 Å². The number of phosphoric ester groups is 1. The highest BCUT2D eigenvalue weighted by Crippen LogP contribution is 2.36. The Balaban J connectivity index is 3.82. The number of unbranched alkanes of at least 4 members (excludes halogenated alkanes) is 30. The van der Waals surface area contributed by atoms with Gasteiger partial charge in [-0.2, -0.15) is 0 Å². The first-order valence-electron chi connectivity index (χ1n) is 22.7. The molecule has 0 saturated carbocycles. The van der Waals surface area contributed by atoms with Crippen molar-refractivity contribution in [2.24, 2.45) is 5.92 Å². The molecular weight excluding hydrogens is 687 g/mol. The van der Waals surface area contributed by atoms with Gasteiger partial charge >= 0.3 is 19.8 Å². The summed E-state index contributed by atoms with van der Waals surface area (Å²) in [5.41, 5.74) is 0. The fraction of sp³-hybridized carbons (Fsp3) is 0.955. The smallest absolute Gasteiger partial charge is 0.462 e. The van der Waals surface area contributed by atoms with E-state index < -0.39 is 32.5 Å². The van der Waals surface area contributed by atoms with Gasteiger partial charge < -0.3 is 19.3 Å². The average Bonchev–Trinajstić information content (AvgIpc) is 3.11. The summed E-state index contributed by atoms with van der Waals surface area (Å²) in [7, 11) is -4.75. The number of rotatable bonds is 42. The molecule has 0 aliphatic carbocycles. The molecule has 0 aliphatic heterocycles. The molecule has 316 valence electrons. The van der Waals surface area contributed by atoms with Gasteiger partial charge in [-0.1, -0.05) is 220 Å². The van der Waals surface area contributed by atoms with Gasteiger partial charge in [0.2, 0.25) is 0 Å². The zero-order valence-corrected chi connectivity index (χ0v) is 36.0. The van der Waals surface area contributed by atoms with Gasteiger partial charge in [-0.3, -0.25) is 14.1 Å². The van der Waals surface area contributed by atoms with Gasteiger partial charge in [-0.05, 0) is 18.8 Å². The lowest BCUT2D eigenvalue weighted by Crippen LogP contribution is -2.29. The molecule has 9 heteroatoms. The predicted octanol–water partition coefficient (Wildman–Crippen LogP) is 13.9. The Bertz CT molecular complexity index is 845. The van der Waals surface area contributed by atoms with E-state index in [1.807, 2.05) is 0 Å².